The largest absolute Gasteiger partial charge is 0.421 e. The summed E-state index contributed by atoms with van der Waals surface area (Å²) in [5, 5.41) is 10.7. The average molecular weight is 699 g/mol. The highest BCUT2D eigenvalue weighted by molar-refractivity contribution is 7.89. The highest BCUT2D eigenvalue weighted by Gasteiger charge is 2.51. The number of pyridine rings is 3. The number of alkyl halides is 3. The van der Waals surface area contributed by atoms with Crippen LogP contribution in [0, 0.1) is 0 Å². The number of nitrogen functional groups attached to an aromatic ring is 1. The second-order valence-corrected chi connectivity index (χ2v) is 13.8. The van der Waals surface area contributed by atoms with Gasteiger partial charge in [0.2, 0.25) is 10.0 Å². The predicted molar refractivity (Wildman–Crippen MR) is 168 cm³/mol. The number of aryl methyl sites for hydroxylation is 1. The van der Waals surface area contributed by atoms with Crippen LogP contribution < -0.4 is 16.0 Å². The summed E-state index contributed by atoms with van der Waals surface area (Å²) < 4.78 is 72.5. The molecule has 0 radical (unpaired) electrons. The number of thiophene rings is 1. The van der Waals surface area contributed by atoms with Crippen molar-refractivity contribution in [1.82, 2.24) is 19.3 Å². The van der Waals surface area contributed by atoms with Crippen LogP contribution >= 0.6 is 34.5 Å². The minimum Gasteiger partial charge on any atom is -0.384 e. The lowest BCUT2D eigenvalue weighted by Crippen LogP contribution is -2.39. The average Bonchev–Trinajstić information content (AvgIpc) is 3.42. The third-order valence-corrected chi connectivity index (χ3v) is 10.3. The lowest BCUT2D eigenvalue weighted by atomic mass is 9.94. The molecule has 0 amide bonds. The predicted octanol–water partition coefficient (Wildman–Crippen LogP) is 6.27. The molecule has 0 bridgehead atoms. The van der Waals surface area contributed by atoms with Gasteiger partial charge in [-0.1, -0.05) is 41.4 Å². The van der Waals surface area contributed by atoms with E-state index in [2.05, 4.69) is 14.7 Å². The second kappa shape index (κ2) is 12.0. The molecule has 5 rings (SSSR count). The molecule has 1 unspecified atom stereocenters. The first-order valence-corrected chi connectivity index (χ1v) is 16.2. The van der Waals surface area contributed by atoms with Crippen molar-refractivity contribution in [3.63, 3.8) is 0 Å². The van der Waals surface area contributed by atoms with Gasteiger partial charge in [-0.15, -0.1) is 11.3 Å². The summed E-state index contributed by atoms with van der Waals surface area (Å²) in [4.78, 5) is 21.0. The van der Waals surface area contributed by atoms with E-state index in [1.54, 1.807) is 31.2 Å². The van der Waals surface area contributed by atoms with E-state index in [1.807, 2.05) is 0 Å². The maximum Gasteiger partial charge on any atom is 0.421 e. The Morgan fingerprint density at radius 2 is 1.84 bits per heavy atom. The quantitative estimate of drug-likeness (QED) is 0.174. The fourth-order valence-corrected chi connectivity index (χ4v) is 7.62. The standard InChI is InChI=1S/C29H24Cl2F3N5O4S2/c1-3-39-14-17(13-20(31)27(39)40)45(42,43)38-25(24-19(30)7-8-23(35)37-24)22-11-15-5-4-6-18(26(15)44-22)21-12-16(9-10-36-21)28(2,41)29(32,33)34/h4-14,25,38,41H,3H2,1-2H3,(H2,35,37)/t25?,28-/m0/s1. The highest BCUT2D eigenvalue weighted by Crippen LogP contribution is 2.42. The van der Waals surface area contributed by atoms with Crippen molar-refractivity contribution in [2.75, 3.05) is 5.73 Å². The van der Waals surface area contributed by atoms with Crippen LogP contribution in [0.1, 0.15) is 36.0 Å². The summed E-state index contributed by atoms with van der Waals surface area (Å²) in [5.74, 6) is 0.0701. The number of aromatic nitrogens is 3. The number of hydrogen-bond acceptors (Lipinski definition) is 8. The number of halogens is 5. The van der Waals surface area contributed by atoms with Gasteiger partial charge >= 0.3 is 6.18 Å². The van der Waals surface area contributed by atoms with Gasteiger partial charge in [0.05, 0.1) is 27.3 Å². The smallest absolute Gasteiger partial charge is 0.384 e. The lowest BCUT2D eigenvalue weighted by Gasteiger charge is -2.26. The summed E-state index contributed by atoms with van der Waals surface area (Å²) in [5.41, 5.74) is 2.55. The van der Waals surface area contributed by atoms with Crippen molar-refractivity contribution in [2.45, 2.75) is 43.1 Å². The van der Waals surface area contributed by atoms with Gasteiger partial charge in [-0.3, -0.25) is 9.78 Å². The molecule has 45 heavy (non-hydrogen) atoms. The highest BCUT2D eigenvalue weighted by atomic mass is 35.5. The van der Waals surface area contributed by atoms with E-state index in [0.717, 1.165) is 34.1 Å². The number of anilines is 1. The van der Waals surface area contributed by atoms with Crippen LogP contribution in [0.3, 0.4) is 0 Å². The Labute approximate surface area is 269 Å². The molecule has 0 saturated heterocycles. The van der Waals surface area contributed by atoms with E-state index in [4.69, 9.17) is 28.9 Å². The number of nitrogens with one attached hydrogen (secondary N) is 1. The Morgan fingerprint density at radius 3 is 2.53 bits per heavy atom. The maximum atomic E-state index is 13.7. The van der Waals surface area contributed by atoms with Gasteiger partial charge in [0.15, 0.2) is 5.60 Å². The molecular formula is C29H24Cl2F3N5O4S2. The van der Waals surface area contributed by atoms with Gasteiger partial charge < -0.3 is 15.4 Å². The molecule has 9 nitrogen and oxygen atoms in total. The first-order valence-electron chi connectivity index (χ1n) is 13.2. The van der Waals surface area contributed by atoms with Crippen molar-refractivity contribution in [1.29, 1.82) is 0 Å². The van der Waals surface area contributed by atoms with E-state index in [0.29, 0.717) is 27.5 Å². The SMILES string of the molecule is CCn1cc(S(=O)(=O)NC(c2cc3cccc(-c4cc([C@](C)(O)C(F)(F)F)ccn4)c3s2)c2nc(N)ccc2Cl)cc(Cl)c1=O. The van der Waals surface area contributed by atoms with Crippen LogP contribution in [0.2, 0.25) is 10.0 Å². The van der Waals surface area contributed by atoms with Gasteiger partial charge in [-0.05, 0) is 61.2 Å². The Hall–Kier alpha value is -3.53. The first-order chi connectivity index (χ1) is 21.0. The molecule has 5 aromatic rings. The molecule has 0 fully saturated rings. The van der Waals surface area contributed by atoms with Crippen molar-refractivity contribution < 1.29 is 26.7 Å². The number of sulfonamides is 1. The molecular weight excluding hydrogens is 674 g/mol. The van der Waals surface area contributed by atoms with Gasteiger partial charge in [0.1, 0.15) is 10.8 Å². The molecule has 16 heteroatoms. The van der Waals surface area contributed by atoms with Crippen molar-refractivity contribution in [3.8, 4) is 11.3 Å². The van der Waals surface area contributed by atoms with Gasteiger partial charge in [0.25, 0.3) is 5.56 Å². The molecule has 2 atom stereocenters. The number of fused-ring (bicyclic) bond motifs is 1. The third kappa shape index (κ3) is 6.30. The number of aliphatic hydroxyl groups is 1. The van der Waals surface area contributed by atoms with Crippen LogP contribution in [0.25, 0.3) is 21.3 Å². The van der Waals surface area contributed by atoms with Gasteiger partial charge in [-0.2, -0.15) is 17.9 Å². The molecule has 4 N–H and O–H groups in total. The molecule has 0 aliphatic carbocycles. The van der Waals surface area contributed by atoms with Crippen molar-refractivity contribution in [3.05, 3.63) is 104 Å². The number of benzene rings is 1. The maximum absolute atomic E-state index is 13.7. The summed E-state index contributed by atoms with van der Waals surface area (Å²) in [6.07, 6.45) is -2.59. The molecule has 0 aliphatic rings. The molecule has 236 valence electrons. The van der Waals surface area contributed by atoms with E-state index in [1.165, 1.54) is 24.5 Å². The number of rotatable bonds is 8. The Morgan fingerprint density at radius 1 is 1.11 bits per heavy atom. The van der Waals surface area contributed by atoms with Crippen LogP contribution in [0.15, 0.2) is 76.7 Å². The molecule has 0 spiro atoms. The monoisotopic (exact) mass is 697 g/mol. The zero-order chi connectivity index (χ0) is 32.9. The second-order valence-electron chi connectivity index (χ2n) is 10.1. The summed E-state index contributed by atoms with van der Waals surface area (Å²) in [6, 6.07) is 11.8. The minimum absolute atomic E-state index is 0.0701. The molecule has 0 saturated carbocycles. The molecule has 4 aromatic heterocycles. The normalized spacial score (nSPS) is 14.4. The van der Waals surface area contributed by atoms with E-state index < -0.39 is 39.0 Å². The summed E-state index contributed by atoms with van der Waals surface area (Å²) in [6.45, 7) is 2.49. The number of hydrogen-bond donors (Lipinski definition) is 3. The Bertz CT molecular complexity index is 2100. The first kappa shape index (κ1) is 32.9. The Balaban J connectivity index is 1.66. The van der Waals surface area contributed by atoms with E-state index >= 15 is 0 Å². The van der Waals surface area contributed by atoms with Crippen molar-refractivity contribution in [2.24, 2.45) is 0 Å². The molecule has 1 aromatic carbocycles. The molecule has 4 heterocycles. The van der Waals surface area contributed by atoms with Gasteiger partial charge in [-0.25, -0.2) is 13.4 Å². The number of nitrogens with two attached hydrogens (primary N) is 1. The number of nitrogens with zero attached hydrogens (tertiary/aromatic N) is 3. The van der Waals surface area contributed by atoms with Crippen molar-refractivity contribution >= 4 is 60.5 Å². The van der Waals surface area contributed by atoms with Gasteiger partial charge in [0, 0.05) is 34.1 Å². The summed E-state index contributed by atoms with van der Waals surface area (Å²) >= 11 is 13.7. The lowest BCUT2D eigenvalue weighted by molar-refractivity contribution is -0.258. The van der Waals surface area contributed by atoms with E-state index in [9.17, 15) is 31.5 Å². The fourth-order valence-electron chi connectivity index (χ4n) is 4.57. The zero-order valence-electron chi connectivity index (χ0n) is 23.4. The topological polar surface area (TPSA) is 140 Å². The Kier molecular flexibility index (Phi) is 8.76. The summed E-state index contributed by atoms with van der Waals surface area (Å²) in [7, 11) is -4.37. The minimum atomic E-state index is -4.93. The van der Waals surface area contributed by atoms with Crippen LogP contribution in [-0.2, 0) is 22.2 Å². The zero-order valence-corrected chi connectivity index (χ0v) is 26.6. The van der Waals surface area contributed by atoms with Crippen LogP contribution in [0.4, 0.5) is 19.0 Å². The fraction of sp³-hybridized carbons (Fsp3) is 0.207. The van der Waals surface area contributed by atoms with Crippen LogP contribution in [-0.4, -0.2) is 34.2 Å². The van der Waals surface area contributed by atoms with Crippen LogP contribution in [0.5, 0.6) is 0 Å². The third-order valence-electron chi connectivity index (χ3n) is 7.11. The van der Waals surface area contributed by atoms with E-state index in [-0.39, 0.29) is 38.7 Å². The molecule has 0 aliphatic heterocycles.